The van der Waals surface area contributed by atoms with Crippen LogP contribution < -0.4 is 4.74 Å². The molecule has 3 heteroatoms. The number of rotatable bonds is 4. The molecule has 0 N–H and O–H groups in total. The normalized spacial score (nSPS) is 17.5. The van der Waals surface area contributed by atoms with Gasteiger partial charge in [0.2, 0.25) is 0 Å². The Labute approximate surface area is 125 Å². The smallest absolute Gasteiger partial charge is 0.127 e. The Balaban J connectivity index is 2.31. The molecule has 1 aliphatic carbocycles. The molecule has 1 fully saturated rings. The van der Waals surface area contributed by atoms with Gasteiger partial charge in [0.15, 0.2) is 0 Å². The number of hydrogen-bond acceptors (Lipinski definition) is 1. The molecule has 0 unspecified atom stereocenters. The first-order valence-corrected chi connectivity index (χ1v) is 7.76. The first-order chi connectivity index (χ1) is 9.26. The first-order valence-electron chi connectivity index (χ1n) is 6.85. The monoisotopic (exact) mass is 298 g/mol. The minimum Gasteiger partial charge on any atom is -0.496 e. The Morgan fingerprint density at radius 1 is 1.32 bits per heavy atom. The van der Waals surface area contributed by atoms with Crippen LogP contribution in [0.3, 0.4) is 0 Å². The van der Waals surface area contributed by atoms with Gasteiger partial charge in [-0.2, -0.15) is 0 Å². The van der Waals surface area contributed by atoms with Gasteiger partial charge in [0.05, 0.1) is 12.1 Å². The van der Waals surface area contributed by atoms with E-state index in [9.17, 15) is 0 Å². The second kappa shape index (κ2) is 7.21. The van der Waals surface area contributed by atoms with E-state index in [0.717, 1.165) is 16.3 Å². The van der Waals surface area contributed by atoms with E-state index in [1.54, 1.807) is 7.11 Å². The highest BCUT2D eigenvalue weighted by molar-refractivity contribution is 6.32. The Hall–Kier alpha value is -0.660. The molecule has 0 saturated heterocycles. The third-order valence-electron chi connectivity index (χ3n) is 3.85. The predicted molar refractivity (Wildman–Crippen MR) is 83.3 cm³/mol. The molecule has 0 heterocycles. The summed E-state index contributed by atoms with van der Waals surface area (Å²) >= 11 is 12.4. The van der Waals surface area contributed by atoms with E-state index in [1.165, 1.54) is 37.7 Å². The van der Waals surface area contributed by atoms with Crippen LogP contribution in [0.25, 0.3) is 6.08 Å². The van der Waals surface area contributed by atoms with Gasteiger partial charge in [0.25, 0.3) is 0 Å². The van der Waals surface area contributed by atoms with Crippen molar-refractivity contribution >= 4 is 29.3 Å². The molecule has 1 aromatic rings. The van der Waals surface area contributed by atoms with Crippen LogP contribution in [0.2, 0.25) is 5.02 Å². The molecule has 1 aromatic carbocycles. The molecule has 0 spiro atoms. The maximum atomic E-state index is 6.28. The average Bonchev–Trinajstić information content (AvgIpc) is 2.46. The summed E-state index contributed by atoms with van der Waals surface area (Å²) in [6, 6.07) is 5.73. The van der Waals surface area contributed by atoms with Gasteiger partial charge in [-0.15, -0.1) is 11.6 Å². The van der Waals surface area contributed by atoms with Crippen molar-refractivity contribution in [3.05, 3.63) is 34.4 Å². The topological polar surface area (TPSA) is 9.23 Å². The van der Waals surface area contributed by atoms with Crippen molar-refractivity contribution in [1.29, 1.82) is 0 Å². The van der Waals surface area contributed by atoms with Crippen molar-refractivity contribution in [1.82, 2.24) is 0 Å². The molecular formula is C16H20Cl2O. The lowest BCUT2D eigenvalue weighted by molar-refractivity contribution is 0.404. The second-order valence-electron chi connectivity index (χ2n) is 5.04. The van der Waals surface area contributed by atoms with Crippen molar-refractivity contribution in [3.8, 4) is 5.75 Å². The molecule has 0 bridgehead atoms. The molecular weight excluding hydrogens is 279 g/mol. The Bertz CT molecular complexity index is 448. The molecule has 1 nitrogen and oxygen atoms in total. The highest BCUT2D eigenvalue weighted by Gasteiger charge is 2.18. The van der Waals surface area contributed by atoms with Crippen LogP contribution in [0, 0.1) is 5.92 Å². The number of benzene rings is 1. The average molecular weight is 299 g/mol. The lowest BCUT2D eigenvalue weighted by Crippen LogP contribution is -2.10. The van der Waals surface area contributed by atoms with Crippen LogP contribution in [-0.2, 0) is 0 Å². The van der Waals surface area contributed by atoms with E-state index < -0.39 is 0 Å². The summed E-state index contributed by atoms with van der Waals surface area (Å²) in [5.74, 6) is 1.98. The van der Waals surface area contributed by atoms with Crippen LogP contribution in [-0.4, -0.2) is 13.0 Å². The van der Waals surface area contributed by atoms with Crippen molar-refractivity contribution in [2.45, 2.75) is 32.1 Å². The van der Waals surface area contributed by atoms with E-state index >= 15 is 0 Å². The summed E-state index contributed by atoms with van der Waals surface area (Å²) in [6.45, 7) is 0. The molecule has 0 aromatic heterocycles. The minimum absolute atomic E-state index is 0.568. The fourth-order valence-electron chi connectivity index (χ4n) is 2.76. The summed E-state index contributed by atoms with van der Waals surface area (Å²) < 4.78 is 5.39. The number of hydrogen-bond donors (Lipinski definition) is 0. The molecule has 104 valence electrons. The van der Waals surface area contributed by atoms with Gasteiger partial charge < -0.3 is 4.74 Å². The van der Waals surface area contributed by atoms with E-state index in [-0.39, 0.29) is 0 Å². The van der Waals surface area contributed by atoms with E-state index in [0.29, 0.717) is 11.8 Å². The lowest BCUT2D eigenvalue weighted by atomic mass is 9.83. The molecule has 0 radical (unpaired) electrons. The fourth-order valence-corrected chi connectivity index (χ4v) is 3.28. The fraction of sp³-hybridized carbons (Fsp3) is 0.500. The van der Waals surface area contributed by atoms with Gasteiger partial charge in [-0.3, -0.25) is 0 Å². The summed E-state index contributed by atoms with van der Waals surface area (Å²) in [5, 5.41) is 0.720. The SMILES string of the molecule is COc1cccc(Cl)c1/C=C(/CCl)C1CCCCC1. The first kappa shape index (κ1) is 14.7. The molecule has 0 atom stereocenters. The Morgan fingerprint density at radius 2 is 2.05 bits per heavy atom. The summed E-state index contributed by atoms with van der Waals surface area (Å²) in [4.78, 5) is 0. The third kappa shape index (κ3) is 3.67. The maximum Gasteiger partial charge on any atom is 0.127 e. The largest absolute Gasteiger partial charge is 0.496 e. The van der Waals surface area contributed by atoms with Crippen molar-refractivity contribution < 1.29 is 4.74 Å². The second-order valence-corrected chi connectivity index (χ2v) is 5.72. The van der Waals surface area contributed by atoms with Gasteiger partial charge in [-0.25, -0.2) is 0 Å². The Morgan fingerprint density at radius 3 is 2.68 bits per heavy atom. The standard InChI is InChI=1S/C16H20Cl2O/c1-19-16-9-5-8-15(18)14(16)10-13(11-17)12-6-3-2-4-7-12/h5,8-10,12H,2-4,6-7,11H2,1H3/b13-10-. The molecule has 2 rings (SSSR count). The van der Waals surface area contributed by atoms with Crippen molar-refractivity contribution in [3.63, 3.8) is 0 Å². The number of methoxy groups -OCH3 is 1. The van der Waals surface area contributed by atoms with Crippen LogP contribution in [0.4, 0.5) is 0 Å². The van der Waals surface area contributed by atoms with Gasteiger partial charge >= 0.3 is 0 Å². The summed E-state index contributed by atoms with van der Waals surface area (Å²) in [5.41, 5.74) is 2.24. The molecule has 19 heavy (non-hydrogen) atoms. The Kier molecular flexibility index (Phi) is 5.59. The zero-order valence-electron chi connectivity index (χ0n) is 11.3. The van der Waals surface area contributed by atoms with Gasteiger partial charge in [0.1, 0.15) is 5.75 Å². The van der Waals surface area contributed by atoms with Crippen LogP contribution >= 0.6 is 23.2 Å². The lowest BCUT2D eigenvalue weighted by Gasteiger charge is -2.23. The zero-order valence-corrected chi connectivity index (χ0v) is 12.8. The number of halogens is 2. The summed E-state index contributed by atoms with van der Waals surface area (Å²) in [7, 11) is 1.67. The number of allylic oxidation sites excluding steroid dienone is 1. The number of ether oxygens (including phenoxy) is 1. The van der Waals surface area contributed by atoms with Crippen LogP contribution in [0.5, 0.6) is 5.75 Å². The third-order valence-corrected chi connectivity index (χ3v) is 4.48. The van der Waals surface area contributed by atoms with Crippen LogP contribution in [0.1, 0.15) is 37.7 Å². The quantitative estimate of drug-likeness (QED) is 0.662. The zero-order chi connectivity index (χ0) is 13.7. The highest BCUT2D eigenvalue weighted by atomic mass is 35.5. The molecule has 0 aliphatic heterocycles. The predicted octanol–water partition coefficient (Wildman–Crippen LogP) is 5.55. The molecule has 1 saturated carbocycles. The molecule has 1 aliphatic rings. The highest BCUT2D eigenvalue weighted by Crippen LogP contribution is 2.35. The van der Waals surface area contributed by atoms with Gasteiger partial charge in [-0.05, 0) is 37.0 Å². The minimum atomic E-state index is 0.568. The van der Waals surface area contributed by atoms with E-state index in [2.05, 4.69) is 6.08 Å². The number of alkyl halides is 1. The van der Waals surface area contributed by atoms with E-state index in [1.807, 2.05) is 18.2 Å². The van der Waals surface area contributed by atoms with Gasteiger partial charge in [-0.1, -0.05) is 42.5 Å². The van der Waals surface area contributed by atoms with Crippen molar-refractivity contribution in [2.24, 2.45) is 5.92 Å². The van der Waals surface area contributed by atoms with Crippen molar-refractivity contribution in [2.75, 3.05) is 13.0 Å². The van der Waals surface area contributed by atoms with Crippen LogP contribution in [0.15, 0.2) is 23.8 Å². The summed E-state index contributed by atoms with van der Waals surface area (Å²) in [6.07, 6.45) is 8.57. The van der Waals surface area contributed by atoms with Gasteiger partial charge in [0, 0.05) is 11.4 Å². The van der Waals surface area contributed by atoms with E-state index in [4.69, 9.17) is 27.9 Å². The maximum absolute atomic E-state index is 6.28. The molecule has 0 amide bonds.